The van der Waals surface area contributed by atoms with Crippen LogP contribution in [0.25, 0.3) is 0 Å². The van der Waals surface area contributed by atoms with Gasteiger partial charge in [0.25, 0.3) is 0 Å². The lowest BCUT2D eigenvalue weighted by Gasteiger charge is -2.23. The second-order valence-electron chi connectivity index (χ2n) is 25.5. The van der Waals surface area contributed by atoms with E-state index in [2.05, 4.69) is 96.1 Å². The van der Waals surface area contributed by atoms with Crippen molar-refractivity contribution < 1.29 is 0 Å². The molecule has 0 bridgehead atoms. The second-order valence-corrected chi connectivity index (χ2v) is 27.4. The minimum atomic E-state index is -0.154. The van der Waals surface area contributed by atoms with Gasteiger partial charge in [-0.25, -0.2) is 0 Å². The summed E-state index contributed by atoms with van der Waals surface area (Å²) in [6, 6.07) is 23.5. The smallest absolute Gasteiger partial charge is 0.0654 e. The van der Waals surface area contributed by atoms with E-state index in [0.29, 0.717) is 0 Å². The Kier molecular flexibility index (Phi) is 46.6. The van der Waals surface area contributed by atoms with Crippen molar-refractivity contribution >= 4 is 10.9 Å². The van der Waals surface area contributed by atoms with E-state index < -0.39 is 0 Å². The van der Waals surface area contributed by atoms with Crippen molar-refractivity contribution in [2.75, 3.05) is 0 Å². The third-order valence-electron chi connectivity index (χ3n) is 17.8. The maximum Gasteiger partial charge on any atom is 0.172 e. The van der Waals surface area contributed by atoms with E-state index >= 15 is 0 Å². The molecule has 0 saturated carbocycles. The van der Waals surface area contributed by atoms with Crippen LogP contribution >= 0.6 is 0 Å². The predicted molar refractivity (Wildman–Crippen MR) is 359 cm³/mol. The topological polar surface area (TPSA) is 0 Å². The molecule has 3 rings (SSSR count). The average molecular weight is 1110 g/mol. The van der Waals surface area contributed by atoms with Crippen molar-refractivity contribution in [3.8, 4) is 0 Å². The van der Waals surface area contributed by atoms with Crippen LogP contribution in [0.2, 0.25) is 0 Å². The maximum absolute atomic E-state index is 2.82. The highest BCUT2D eigenvalue weighted by atomic mass is 32.2. The molecule has 0 aliphatic heterocycles. The summed E-state index contributed by atoms with van der Waals surface area (Å²) in [6.07, 6.45) is 74.3. The van der Waals surface area contributed by atoms with Crippen LogP contribution in [-0.2, 0) is 49.4 Å². The highest BCUT2D eigenvalue weighted by Gasteiger charge is 2.38. The molecule has 0 aromatic heterocycles. The van der Waals surface area contributed by atoms with E-state index in [1.165, 1.54) is 347 Å². The van der Waals surface area contributed by atoms with Gasteiger partial charge in [-0.15, -0.1) is 0 Å². The van der Waals surface area contributed by atoms with E-state index in [0.717, 1.165) is 0 Å². The zero-order valence-electron chi connectivity index (χ0n) is 54.3. The van der Waals surface area contributed by atoms with Crippen LogP contribution in [0.5, 0.6) is 0 Å². The Hall–Kier alpha value is -1.99. The molecule has 0 unspecified atom stereocenters. The molecule has 452 valence electrons. The first kappa shape index (κ1) is 71.3. The molecule has 1 heteroatoms. The van der Waals surface area contributed by atoms with Crippen LogP contribution in [0.15, 0.2) is 69.3 Å². The number of rotatable bonds is 57. The number of unbranched alkanes of at least 4 members (excludes halogenated alkanes) is 42. The highest BCUT2D eigenvalue weighted by molar-refractivity contribution is 7.97. The molecule has 0 spiro atoms. The summed E-state index contributed by atoms with van der Waals surface area (Å²) < 4.78 is 0. The summed E-state index contributed by atoms with van der Waals surface area (Å²) in [4.78, 5) is 5.14. The molecule has 0 nitrogen and oxygen atoms in total. The van der Waals surface area contributed by atoms with Crippen LogP contribution in [0.3, 0.4) is 0 Å². The van der Waals surface area contributed by atoms with E-state index in [9.17, 15) is 0 Å². The van der Waals surface area contributed by atoms with Gasteiger partial charge in [0, 0.05) is 22.3 Å². The molecule has 0 heterocycles. The Morgan fingerprint density at radius 3 is 0.620 bits per heavy atom. The third kappa shape index (κ3) is 34.4. The Bertz CT molecular complexity index is 1590. The zero-order chi connectivity index (χ0) is 56.3. The predicted octanol–water partition coefficient (Wildman–Crippen LogP) is 26.9. The van der Waals surface area contributed by atoms with Gasteiger partial charge in [-0.1, -0.05) is 354 Å². The molecule has 0 fully saturated rings. The Labute approximate surface area is 499 Å². The van der Waals surface area contributed by atoms with Crippen molar-refractivity contribution in [2.24, 2.45) is 0 Å². The lowest BCUT2D eigenvalue weighted by molar-refractivity contribution is 0.569. The first-order chi connectivity index (χ1) is 39.1. The van der Waals surface area contributed by atoms with Gasteiger partial charge in [0.1, 0.15) is 10.9 Å². The van der Waals surface area contributed by atoms with Crippen molar-refractivity contribution in [3.05, 3.63) is 88.0 Å². The summed E-state index contributed by atoms with van der Waals surface area (Å²) in [5.41, 5.74) is 10.3. The SMILES string of the molecule is CCCCCCCCCCc1cc(CCCCCCCCCC)c([S+](c2ccccc2)c2c(CCCCCCCCCC)cc(CCCCCCCCCC)cc2CCCCCCCCCC)c(CCCCCCCCCC)c1. The molecule has 3 aromatic rings. The lowest BCUT2D eigenvalue weighted by Crippen LogP contribution is -2.17. The molecule has 0 aliphatic carbocycles. The zero-order valence-corrected chi connectivity index (χ0v) is 55.1. The average Bonchev–Trinajstić information content (AvgIpc) is 3.55. The number of hydrogen-bond donors (Lipinski definition) is 0. The minimum absolute atomic E-state index is 0.154. The van der Waals surface area contributed by atoms with Crippen molar-refractivity contribution in [1.82, 2.24) is 0 Å². The van der Waals surface area contributed by atoms with Gasteiger partial charge in [0.2, 0.25) is 0 Å². The fourth-order valence-corrected chi connectivity index (χ4v) is 15.6. The Morgan fingerprint density at radius 2 is 0.405 bits per heavy atom. The summed E-state index contributed by atoms with van der Waals surface area (Å²) in [7, 11) is -0.154. The van der Waals surface area contributed by atoms with E-state index in [-0.39, 0.29) is 10.9 Å². The summed E-state index contributed by atoms with van der Waals surface area (Å²) in [6.45, 7) is 14.1. The van der Waals surface area contributed by atoms with Gasteiger partial charge in [0.15, 0.2) is 14.7 Å². The third-order valence-corrected chi connectivity index (χ3v) is 20.4. The van der Waals surface area contributed by atoms with Crippen LogP contribution in [0, 0.1) is 0 Å². The first-order valence-electron chi connectivity index (χ1n) is 36.2. The summed E-state index contributed by atoms with van der Waals surface area (Å²) in [5.74, 6) is 0. The standard InChI is InChI=1S/C78H135S/c1-7-13-19-25-31-37-43-50-58-70-66-72(60-52-45-39-33-27-21-15-9-3)77(73(67-70)61-53-46-40-34-28-22-16-10-4)79(76-64-56-49-57-65-76)78-74(62-54-47-41-35-29-23-17-11-5)68-71(59-51-44-38-32-26-20-14-8-2)69-75(78)63-55-48-42-36-30-24-18-12-6/h49,56-57,64-69H,7-48,50-55,58-63H2,1-6H3/q+1. The second kappa shape index (κ2) is 51.6. The van der Waals surface area contributed by atoms with Crippen LogP contribution < -0.4 is 0 Å². The van der Waals surface area contributed by atoms with Gasteiger partial charge in [-0.05, 0) is 100 Å². The van der Waals surface area contributed by atoms with Gasteiger partial charge in [0.05, 0.1) is 0 Å². The number of aryl methyl sites for hydroxylation is 6. The highest BCUT2D eigenvalue weighted by Crippen LogP contribution is 2.43. The van der Waals surface area contributed by atoms with E-state index in [1.807, 2.05) is 0 Å². The fraction of sp³-hybridized carbons (Fsp3) is 0.769. The normalized spacial score (nSPS) is 11.7. The first-order valence-corrected chi connectivity index (χ1v) is 37.4. The van der Waals surface area contributed by atoms with Crippen LogP contribution in [0.1, 0.15) is 383 Å². The van der Waals surface area contributed by atoms with E-state index in [4.69, 9.17) is 0 Å². The molecule has 3 aromatic carbocycles. The largest absolute Gasteiger partial charge is 0.172 e. The van der Waals surface area contributed by atoms with Gasteiger partial charge in [-0.2, -0.15) is 0 Å². The van der Waals surface area contributed by atoms with Crippen LogP contribution in [0.4, 0.5) is 0 Å². The molecular formula is C78H135S+. The van der Waals surface area contributed by atoms with Gasteiger partial charge < -0.3 is 0 Å². The van der Waals surface area contributed by atoms with Crippen molar-refractivity contribution in [2.45, 2.75) is 403 Å². The Morgan fingerprint density at radius 1 is 0.215 bits per heavy atom. The minimum Gasteiger partial charge on any atom is -0.0654 e. The Balaban J connectivity index is 2.25. The summed E-state index contributed by atoms with van der Waals surface area (Å²) >= 11 is 0. The number of hydrogen-bond acceptors (Lipinski definition) is 0. The molecule has 79 heavy (non-hydrogen) atoms. The molecular weight excluding hydrogens is 969 g/mol. The molecule has 0 radical (unpaired) electrons. The van der Waals surface area contributed by atoms with Crippen LogP contribution in [-0.4, -0.2) is 0 Å². The van der Waals surface area contributed by atoms with Crippen molar-refractivity contribution in [1.29, 1.82) is 0 Å². The summed E-state index contributed by atoms with van der Waals surface area (Å²) in [5, 5.41) is 0. The van der Waals surface area contributed by atoms with Gasteiger partial charge in [-0.3, -0.25) is 0 Å². The van der Waals surface area contributed by atoms with E-state index in [1.54, 1.807) is 48.1 Å². The monoisotopic (exact) mass is 1100 g/mol. The molecule has 0 N–H and O–H groups in total. The molecule has 0 saturated heterocycles. The quantitative estimate of drug-likeness (QED) is 0.0390. The molecule has 0 amide bonds. The number of benzene rings is 3. The maximum atomic E-state index is 2.82. The lowest BCUT2D eigenvalue weighted by atomic mass is 9.94. The van der Waals surface area contributed by atoms with Gasteiger partial charge >= 0.3 is 0 Å². The molecule has 0 atom stereocenters. The molecule has 0 aliphatic rings. The van der Waals surface area contributed by atoms with Crippen molar-refractivity contribution in [3.63, 3.8) is 0 Å². The fourth-order valence-electron chi connectivity index (χ4n) is 12.8.